The van der Waals surface area contributed by atoms with Gasteiger partial charge >= 0.3 is 0 Å². The zero-order valence-electron chi connectivity index (χ0n) is 16.7. The Kier molecular flexibility index (Phi) is 9.55. The van der Waals surface area contributed by atoms with Gasteiger partial charge in [0.25, 0.3) is 0 Å². The molecule has 1 aromatic heterocycles. The number of guanidine groups is 1. The fourth-order valence-electron chi connectivity index (χ4n) is 3.05. The van der Waals surface area contributed by atoms with Crippen LogP contribution in [-0.4, -0.2) is 80.5 Å². The van der Waals surface area contributed by atoms with Gasteiger partial charge in [-0.1, -0.05) is 6.42 Å². The smallest absolute Gasteiger partial charge is 0.243 e. The molecule has 0 saturated carbocycles. The molecule has 1 amide bonds. The van der Waals surface area contributed by atoms with Crippen molar-refractivity contribution >= 4 is 23.6 Å². The number of nitrogens with one attached hydrogen (secondary N) is 2. The molecule has 8 heteroatoms. The molecule has 0 aliphatic carbocycles. The highest BCUT2D eigenvalue weighted by Crippen LogP contribution is 2.24. The molecule has 27 heavy (non-hydrogen) atoms. The third kappa shape index (κ3) is 7.46. The molecular weight excluding hydrogens is 362 g/mol. The van der Waals surface area contributed by atoms with E-state index in [1.807, 2.05) is 12.1 Å². The summed E-state index contributed by atoms with van der Waals surface area (Å²) < 4.78 is 5.70. The number of thioether (sulfide) groups is 1. The lowest BCUT2D eigenvalue weighted by Crippen LogP contribution is -2.45. The van der Waals surface area contributed by atoms with Crippen molar-refractivity contribution in [3.63, 3.8) is 0 Å². The highest BCUT2D eigenvalue weighted by atomic mass is 32.2. The van der Waals surface area contributed by atoms with E-state index in [0.717, 1.165) is 31.1 Å². The van der Waals surface area contributed by atoms with Crippen LogP contribution < -0.4 is 10.6 Å². The summed E-state index contributed by atoms with van der Waals surface area (Å²) in [5.74, 6) is 2.61. The van der Waals surface area contributed by atoms with Crippen LogP contribution in [-0.2, 0) is 4.79 Å². The van der Waals surface area contributed by atoms with E-state index in [1.165, 1.54) is 19.3 Å². The Morgan fingerprint density at radius 1 is 1.33 bits per heavy atom. The lowest BCUT2D eigenvalue weighted by Gasteiger charge is -2.33. The summed E-state index contributed by atoms with van der Waals surface area (Å²) >= 11 is 1.77. The Morgan fingerprint density at radius 2 is 2.11 bits per heavy atom. The second kappa shape index (κ2) is 11.9. The predicted octanol–water partition coefficient (Wildman–Crippen LogP) is 1.79. The van der Waals surface area contributed by atoms with Crippen molar-refractivity contribution in [3.05, 3.63) is 24.2 Å². The Morgan fingerprint density at radius 3 is 2.74 bits per heavy atom. The standard InChI is InChI=1S/C19H33N5O2S/c1-23(2)18(25)15-22-19(20-9-13-27-3)21-14-16(17-8-7-12-26-17)24-10-5-4-6-11-24/h7-8,12,16H,4-6,9-11,13-15H2,1-3H3,(H2,20,21,22). The van der Waals surface area contributed by atoms with Gasteiger partial charge in [-0.3, -0.25) is 9.69 Å². The van der Waals surface area contributed by atoms with Crippen molar-refractivity contribution in [2.45, 2.75) is 25.3 Å². The molecule has 0 bridgehead atoms. The number of rotatable bonds is 9. The fraction of sp³-hybridized carbons (Fsp3) is 0.684. The number of nitrogens with zero attached hydrogens (tertiary/aromatic N) is 3. The van der Waals surface area contributed by atoms with Gasteiger partial charge in [0.2, 0.25) is 5.91 Å². The summed E-state index contributed by atoms with van der Waals surface area (Å²) in [7, 11) is 3.49. The second-order valence-electron chi connectivity index (χ2n) is 6.88. The molecule has 1 aliphatic heterocycles. The van der Waals surface area contributed by atoms with E-state index >= 15 is 0 Å². The molecule has 1 fully saturated rings. The van der Waals surface area contributed by atoms with Crippen LogP contribution in [0.3, 0.4) is 0 Å². The van der Waals surface area contributed by atoms with E-state index in [4.69, 9.17) is 4.42 Å². The van der Waals surface area contributed by atoms with Crippen LogP contribution in [0.1, 0.15) is 31.1 Å². The molecular formula is C19H33N5O2S. The molecule has 1 aliphatic rings. The number of hydrogen-bond acceptors (Lipinski definition) is 5. The first-order valence-corrected chi connectivity index (χ1v) is 11.0. The SMILES string of the molecule is CSCCNC(=NCC(=O)N(C)C)NCC(c1ccco1)N1CCCCC1. The molecule has 0 aromatic carbocycles. The Labute approximate surface area is 166 Å². The number of likely N-dealkylation sites (tertiary alicyclic amines) is 1. The van der Waals surface area contributed by atoms with Crippen LogP contribution in [0.15, 0.2) is 27.8 Å². The van der Waals surface area contributed by atoms with Crippen LogP contribution >= 0.6 is 11.8 Å². The average Bonchev–Trinajstić information content (AvgIpc) is 3.20. The summed E-state index contributed by atoms with van der Waals surface area (Å²) in [6, 6.07) is 4.14. The first kappa shape index (κ1) is 21.6. The Hall–Kier alpha value is -1.67. The molecule has 152 valence electrons. The maximum absolute atomic E-state index is 11.9. The number of furan rings is 1. The summed E-state index contributed by atoms with van der Waals surface area (Å²) in [6.07, 6.45) is 7.55. The quantitative estimate of drug-likeness (QED) is 0.377. The van der Waals surface area contributed by atoms with Gasteiger partial charge in [-0.2, -0.15) is 11.8 Å². The van der Waals surface area contributed by atoms with Crippen molar-refractivity contribution < 1.29 is 9.21 Å². The van der Waals surface area contributed by atoms with Gasteiger partial charge in [-0.15, -0.1) is 0 Å². The van der Waals surface area contributed by atoms with Crippen molar-refractivity contribution in [2.75, 3.05) is 58.8 Å². The number of hydrogen-bond donors (Lipinski definition) is 2. The number of piperidine rings is 1. The summed E-state index contributed by atoms with van der Waals surface area (Å²) in [5, 5.41) is 6.73. The van der Waals surface area contributed by atoms with Crippen LogP contribution in [0.2, 0.25) is 0 Å². The maximum atomic E-state index is 11.9. The van der Waals surface area contributed by atoms with Crippen molar-refractivity contribution in [1.82, 2.24) is 20.4 Å². The van der Waals surface area contributed by atoms with Crippen molar-refractivity contribution in [1.29, 1.82) is 0 Å². The normalized spacial score (nSPS) is 16.8. The third-order valence-corrected chi connectivity index (χ3v) is 5.25. The van der Waals surface area contributed by atoms with E-state index in [9.17, 15) is 4.79 Å². The highest BCUT2D eigenvalue weighted by molar-refractivity contribution is 7.98. The summed E-state index contributed by atoms with van der Waals surface area (Å²) in [5.41, 5.74) is 0. The molecule has 2 N–H and O–H groups in total. The van der Waals surface area contributed by atoms with Gasteiger partial charge in [0.15, 0.2) is 5.96 Å². The second-order valence-corrected chi connectivity index (χ2v) is 7.87. The minimum absolute atomic E-state index is 0.0143. The highest BCUT2D eigenvalue weighted by Gasteiger charge is 2.24. The summed E-state index contributed by atoms with van der Waals surface area (Å²) in [6.45, 7) is 3.79. The Balaban J connectivity index is 2.01. The molecule has 7 nitrogen and oxygen atoms in total. The van der Waals surface area contributed by atoms with Gasteiger partial charge in [0.05, 0.1) is 12.3 Å². The van der Waals surface area contributed by atoms with Gasteiger partial charge < -0.3 is 20.0 Å². The van der Waals surface area contributed by atoms with E-state index in [0.29, 0.717) is 12.5 Å². The molecule has 1 unspecified atom stereocenters. The van der Waals surface area contributed by atoms with Gasteiger partial charge in [0.1, 0.15) is 12.3 Å². The van der Waals surface area contributed by atoms with Crippen LogP contribution in [0.5, 0.6) is 0 Å². The molecule has 2 heterocycles. The molecule has 2 rings (SSSR count). The van der Waals surface area contributed by atoms with E-state index in [-0.39, 0.29) is 18.5 Å². The van der Waals surface area contributed by atoms with Gasteiger partial charge in [-0.25, -0.2) is 4.99 Å². The monoisotopic (exact) mass is 395 g/mol. The lowest BCUT2D eigenvalue weighted by molar-refractivity contribution is -0.127. The maximum Gasteiger partial charge on any atom is 0.243 e. The number of carbonyl (C=O) groups is 1. The van der Waals surface area contributed by atoms with Gasteiger partial charge in [0, 0.05) is 32.9 Å². The van der Waals surface area contributed by atoms with Gasteiger partial charge in [-0.05, 0) is 44.3 Å². The minimum Gasteiger partial charge on any atom is -0.468 e. The first-order valence-electron chi connectivity index (χ1n) is 9.60. The third-order valence-electron chi connectivity index (χ3n) is 4.64. The first-order chi connectivity index (χ1) is 13.1. The zero-order chi connectivity index (χ0) is 19.5. The molecule has 0 spiro atoms. The molecule has 1 atom stereocenters. The topological polar surface area (TPSA) is 73.1 Å². The van der Waals surface area contributed by atoms with E-state index < -0.39 is 0 Å². The van der Waals surface area contributed by atoms with Crippen LogP contribution in [0, 0.1) is 0 Å². The summed E-state index contributed by atoms with van der Waals surface area (Å²) in [4.78, 5) is 20.4. The van der Waals surface area contributed by atoms with Crippen molar-refractivity contribution in [2.24, 2.45) is 4.99 Å². The number of carbonyl (C=O) groups excluding carboxylic acids is 1. The number of amides is 1. The van der Waals surface area contributed by atoms with E-state index in [1.54, 1.807) is 37.0 Å². The zero-order valence-corrected chi connectivity index (χ0v) is 17.6. The number of likely N-dealkylation sites (N-methyl/N-ethyl adjacent to an activating group) is 1. The Bertz CT molecular complexity index is 571. The average molecular weight is 396 g/mol. The lowest BCUT2D eigenvalue weighted by atomic mass is 10.1. The minimum atomic E-state index is -0.0143. The fourth-order valence-corrected chi connectivity index (χ4v) is 3.35. The van der Waals surface area contributed by atoms with Crippen LogP contribution in [0.4, 0.5) is 0 Å². The van der Waals surface area contributed by atoms with E-state index in [2.05, 4.69) is 26.8 Å². The molecule has 1 saturated heterocycles. The number of aliphatic imine (C=N–C) groups is 1. The molecule has 1 aromatic rings. The largest absolute Gasteiger partial charge is 0.468 e. The van der Waals surface area contributed by atoms with Crippen LogP contribution in [0.25, 0.3) is 0 Å². The predicted molar refractivity (Wildman–Crippen MR) is 112 cm³/mol. The van der Waals surface area contributed by atoms with Crippen molar-refractivity contribution in [3.8, 4) is 0 Å². The molecule has 0 radical (unpaired) electrons.